The molecule has 156 valence electrons. The van der Waals surface area contributed by atoms with Crippen molar-refractivity contribution >= 4 is 38.9 Å². The summed E-state index contributed by atoms with van der Waals surface area (Å²) in [6, 6.07) is 17.8. The molecule has 0 radical (unpaired) electrons. The molecule has 0 saturated carbocycles. The van der Waals surface area contributed by atoms with Crippen LogP contribution in [-0.4, -0.2) is 15.0 Å². The highest BCUT2D eigenvalue weighted by atomic mass is 35.5. The van der Waals surface area contributed by atoms with Gasteiger partial charge in [-0.3, -0.25) is 4.31 Å². The highest BCUT2D eigenvalue weighted by molar-refractivity contribution is 7.92. The molecule has 1 aliphatic heterocycles. The van der Waals surface area contributed by atoms with Gasteiger partial charge < -0.3 is 4.74 Å². The van der Waals surface area contributed by atoms with Crippen molar-refractivity contribution in [1.29, 1.82) is 0 Å². The molecule has 30 heavy (non-hydrogen) atoms. The van der Waals surface area contributed by atoms with Gasteiger partial charge in [-0.1, -0.05) is 47.5 Å². The van der Waals surface area contributed by atoms with Gasteiger partial charge in [-0.15, -0.1) is 0 Å². The van der Waals surface area contributed by atoms with Crippen molar-refractivity contribution in [1.82, 2.24) is 0 Å². The lowest BCUT2D eigenvalue weighted by molar-refractivity contribution is 0.306. The topological polar surface area (TPSA) is 46.6 Å². The Kier molecular flexibility index (Phi) is 5.96. The van der Waals surface area contributed by atoms with Gasteiger partial charge in [0.1, 0.15) is 12.4 Å². The molecule has 3 aromatic rings. The first-order chi connectivity index (χ1) is 14.4. The predicted octanol–water partition coefficient (Wildman–Crippen LogP) is 6.02. The van der Waals surface area contributed by atoms with Crippen LogP contribution in [0.15, 0.2) is 65.6 Å². The average Bonchev–Trinajstić information content (AvgIpc) is 2.73. The van der Waals surface area contributed by atoms with Gasteiger partial charge in [-0.2, -0.15) is 0 Å². The predicted molar refractivity (Wildman–Crippen MR) is 121 cm³/mol. The molecule has 0 amide bonds. The van der Waals surface area contributed by atoms with E-state index in [0.717, 1.165) is 24.0 Å². The number of rotatable bonds is 5. The van der Waals surface area contributed by atoms with Crippen LogP contribution in [0.5, 0.6) is 5.75 Å². The van der Waals surface area contributed by atoms with Gasteiger partial charge in [0, 0.05) is 28.2 Å². The van der Waals surface area contributed by atoms with Gasteiger partial charge in [-0.05, 0) is 61.2 Å². The number of nitrogens with zero attached hydrogens (tertiary/aromatic N) is 1. The lowest BCUT2D eigenvalue weighted by atomic mass is 10.0. The third kappa shape index (κ3) is 4.15. The third-order valence-corrected chi connectivity index (χ3v) is 7.67. The molecule has 0 spiro atoms. The maximum atomic E-state index is 13.3. The monoisotopic (exact) mass is 461 g/mol. The Morgan fingerprint density at radius 2 is 1.73 bits per heavy atom. The molecule has 1 aliphatic rings. The fourth-order valence-corrected chi connectivity index (χ4v) is 5.73. The Hall–Kier alpha value is -2.21. The first-order valence-electron chi connectivity index (χ1n) is 9.64. The Bertz CT molecular complexity index is 1170. The second-order valence-electron chi connectivity index (χ2n) is 7.28. The summed E-state index contributed by atoms with van der Waals surface area (Å²) in [6.45, 7) is 2.51. The number of hydrogen-bond donors (Lipinski definition) is 0. The number of anilines is 1. The number of ether oxygens (including phenoxy) is 1. The number of hydrogen-bond acceptors (Lipinski definition) is 3. The second-order valence-corrected chi connectivity index (χ2v) is 9.95. The van der Waals surface area contributed by atoms with Crippen LogP contribution in [0.25, 0.3) is 0 Å². The summed E-state index contributed by atoms with van der Waals surface area (Å²) in [5.41, 5.74) is 3.25. The van der Waals surface area contributed by atoms with Crippen LogP contribution in [0.1, 0.15) is 23.1 Å². The van der Waals surface area contributed by atoms with Crippen molar-refractivity contribution in [2.45, 2.75) is 31.3 Å². The van der Waals surface area contributed by atoms with Gasteiger partial charge in [0.25, 0.3) is 10.0 Å². The molecular weight excluding hydrogens is 441 g/mol. The first-order valence-corrected chi connectivity index (χ1v) is 11.8. The number of aryl methyl sites for hydroxylation is 2. The van der Waals surface area contributed by atoms with Crippen LogP contribution >= 0.6 is 23.2 Å². The molecule has 4 nitrogen and oxygen atoms in total. The van der Waals surface area contributed by atoms with Crippen molar-refractivity contribution in [3.8, 4) is 5.75 Å². The number of sulfonamides is 1. The molecular formula is C23H21Cl2NO3S. The molecule has 0 unspecified atom stereocenters. The molecule has 0 atom stereocenters. The van der Waals surface area contributed by atoms with Crippen LogP contribution < -0.4 is 9.04 Å². The minimum absolute atomic E-state index is 0.196. The van der Waals surface area contributed by atoms with Crippen molar-refractivity contribution in [3.63, 3.8) is 0 Å². The molecule has 0 N–H and O–H groups in total. The molecule has 3 aromatic carbocycles. The highest BCUT2D eigenvalue weighted by Crippen LogP contribution is 2.35. The van der Waals surface area contributed by atoms with E-state index >= 15 is 0 Å². The van der Waals surface area contributed by atoms with E-state index in [2.05, 4.69) is 0 Å². The Balaban J connectivity index is 1.65. The van der Waals surface area contributed by atoms with Gasteiger partial charge >= 0.3 is 0 Å². The molecule has 4 rings (SSSR count). The minimum Gasteiger partial charge on any atom is -0.489 e. The Morgan fingerprint density at radius 1 is 1.00 bits per heavy atom. The van der Waals surface area contributed by atoms with E-state index < -0.39 is 10.0 Å². The van der Waals surface area contributed by atoms with Gasteiger partial charge in [-0.25, -0.2) is 8.42 Å². The van der Waals surface area contributed by atoms with Crippen LogP contribution in [0.2, 0.25) is 10.0 Å². The molecule has 1 heterocycles. The van der Waals surface area contributed by atoms with Crippen LogP contribution in [0.3, 0.4) is 0 Å². The highest BCUT2D eigenvalue weighted by Gasteiger charge is 2.29. The van der Waals surface area contributed by atoms with E-state index in [1.54, 1.807) is 42.5 Å². The fraction of sp³-hybridized carbons (Fsp3) is 0.217. The SMILES string of the molecule is Cc1cccc(S(=O)(=O)N2CCCc3ccc(OCc4c(Cl)cccc4Cl)cc32)c1. The summed E-state index contributed by atoms with van der Waals surface area (Å²) >= 11 is 12.4. The minimum atomic E-state index is -3.66. The zero-order chi connectivity index (χ0) is 21.3. The standard InChI is InChI=1S/C23H21Cl2NO3S/c1-16-5-2-7-19(13-16)30(27,28)26-12-4-6-17-10-11-18(14-23(17)26)29-15-20-21(24)8-3-9-22(20)25/h2-3,5,7-11,13-14H,4,6,12,15H2,1H3. The van der Waals surface area contributed by atoms with E-state index in [1.807, 2.05) is 25.1 Å². The molecule has 0 saturated heterocycles. The molecule has 0 bridgehead atoms. The average molecular weight is 462 g/mol. The zero-order valence-corrected chi connectivity index (χ0v) is 18.8. The summed E-state index contributed by atoms with van der Waals surface area (Å²) < 4.78 is 34.1. The van der Waals surface area contributed by atoms with Crippen LogP contribution in [0.4, 0.5) is 5.69 Å². The van der Waals surface area contributed by atoms with Gasteiger partial charge in [0.15, 0.2) is 0 Å². The molecule has 0 aliphatic carbocycles. The van der Waals surface area contributed by atoms with Crippen molar-refractivity contribution in [2.24, 2.45) is 0 Å². The van der Waals surface area contributed by atoms with E-state index in [-0.39, 0.29) is 6.61 Å². The summed E-state index contributed by atoms with van der Waals surface area (Å²) in [4.78, 5) is 0.296. The maximum Gasteiger partial charge on any atom is 0.264 e. The largest absolute Gasteiger partial charge is 0.489 e. The molecule has 0 fully saturated rings. The third-order valence-electron chi connectivity index (χ3n) is 5.16. The summed E-state index contributed by atoms with van der Waals surface area (Å²) in [5, 5.41) is 1.06. The van der Waals surface area contributed by atoms with E-state index in [0.29, 0.717) is 38.5 Å². The lowest BCUT2D eigenvalue weighted by Crippen LogP contribution is -2.35. The van der Waals surface area contributed by atoms with E-state index in [1.165, 1.54) is 4.31 Å². The molecule has 7 heteroatoms. The van der Waals surface area contributed by atoms with Crippen molar-refractivity contribution in [3.05, 3.63) is 87.4 Å². The van der Waals surface area contributed by atoms with Crippen LogP contribution in [-0.2, 0) is 23.1 Å². The summed E-state index contributed by atoms with van der Waals surface area (Å²) in [6.07, 6.45) is 1.60. The normalized spacial score (nSPS) is 13.8. The smallest absolute Gasteiger partial charge is 0.264 e. The van der Waals surface area contributed by atoms with Crippen molar-refractivity contribution in [2.75, 3.05) is 10.8 Å². The quantitative estimate of drug-likeness (QED) is 0.466. The summed E-state index contributed by atoms with van der Waals surface area (Å²) in [7, 11) is -3.66. The number of fused-ring (bicyclic) bond motifs is 1. The second kappa shape index (κ2) is 8.50. The Labute approximate surface area is 187 Å². The van der Waals surface area contributed by atoms with Crippen molar-refractivity contribution < 1.29 is 13.2 Å². The van der Waals surface area contributed by atoms with E-state index in [9.17, 15) is 8.42 Å². The van der Waals surface area contributed by atoms with Crippen LogP contribution in [0, 0.1) is 6.92 Å². The lowest BCUT2D eigenvalue weighted by Gasteiger charge is -2.31. The molecule has 0 aromatic heterocycles. The Morgan fingerprint density at radius 3 is 2.47 bits per heavy atom. The number of halogens is 2. The number of benzene rings is 3. The summed E-state index contributed by atoms with van der Waals surface area (Å²) in [5.74, 6) is 0.566. The van der Waals surface area contributed by atoms with Gasteiger partial charge in [0.2, 0.25) is 0 Å². The van der Waals surface area contributed by atoms with E-state index in [4.69, 9.17) is 27.9 Å². The maximum absolute atomic E-state index is 13.3. The first kappa shape index (κ1) is 21.0. The van der Waals surface area contributed by atoms with Gasteiger partial charge in [0.05, 0.1) is 10.6 Å². The zero-order valence-electron chi connectivity index (χ0n) is 16.4. The fourth-order valence-electron chi connectivity index (χ4n) is 3.59.